The number of nitriles is 1. The summed E-state index contributed by atoms with van der Waals surface area (Å²) >= 11 is 0. The Bertz CT molecular complexity index is 770. The highest BCUT2D eigenvalue weighted by molar-refractivity contribution is 6.81. The normalized spacial score (nSPS) is 48.1. The van der Waals surface area contributed by atoms with Gasteiger partial charge >= 0.3 is 0 Å². The van der Waals surface area contributed by atoms with E-state index in [1.165, 1.54) is 12.5 Å². The van der Waals surface area contributed by atoms with Crippen molar-refractivity contribution in [3.05, 3.63) is 23.9 Å². The van der Waals surface area contributed by atoms with Gasteiger partial charge in [-0.05, 0) is 56.2 Å². The lowest BCUT2D eigenvalue weighted by Gasteiger charge is -2.49. The van der Waals surface area contributed by atoms with E-state index in [1.807, 2.05) is 0 Å². The molecule has 0 unspecified atom stereocenters. The van der Waals surface area contributed by atoms with Crippen LogP contribution in [0.2, 0.25) is 38.8 Å². The van der Waals surface area contributed by atoms with Crippen LogP contribution in [-0.4, -0.2) is 22.0 Å². The Hall–Kier alpha value is -0.636. The zero-order valence-corrected chi connectivity index (χ0v) is 20.4. The van der Waals surface area contributed by atoms with Crippen molar-refractivity contribution in [1.82, 2.24) is 0 Å². The molecule has 0 amide bonds. The topological polar surface area (TPSA) is 33.0 Å². The Morgan fingerprint density at radius 2 is 1.93 bits per heavy atom. The molecule has 4 aliphatic rings. The van der Waals surface area contributed by atoms with Crippen LogP contribution in [0.1, 0.15) is 39.5 Å². The molecule has 3 saturated carbocycles. The van der Waals surface area contributed by atoms with E-state index in [2.05, 4.69) is 71.0 Å². The lowest BCUT2D eigenvalue weighted by molar-refractivity contribution is -0.00180. The second kappa shape index (κ2) is 5.29. The van der Waals surface area contributed by atoms with E-state index in [0.29, 0.717) is 5.92 Å². The molecule has 3 aliphatic carbocycles. The standard InChI is InChI=1S/C23H37NOSi2/c1-9-22-17(10-11-18(22)13-24)12-21-15-20(2,3)19(14-26(4,5)6)23(21,22)16-27(7,8)25-21/h9,14,17-18H,1,10-12,15-16H2,2-8H3/b19-14+/t17-,18-,21-,22+,23-/m1/s1. The first-order chi connectivity index (χ1) is 12.3. The van der Waals surface area contributed by atoms with Crippen molar-refractivity contribution in [3.63, 3.8) is 0 Å². The van der Waals surface area contributed by atoms with E-state index >= 15 is 0 Å². The van der Waals surface area contributed by atoms with Crippen molar-refractivity contribution < 1.29 is 4.43 Å². The minimum Gasteiger partial charge on any atom is -0.411 e. The Kier molecular flexibility index (Phi) is 3.85. The van der Waals surface area contributed by atoms with E-state index in [-0.39, 0.29) is 27.8 Å². The van der Waals surface area contributed by atoms with Crippen LogP contribution in [0.25, 0.3) is 0 Å². The number of fused-ring (bicyclic) bond motifs is 1. The third kappa shape index (κ3) is 2.20. The third-order valence-corrected chi connectivity index (χ3v) is 11.8. The van der Waals surface area contributed by atoms with Crippen LogP contribution in [0.4, 0.5) is 0 Å². The van der Waals surface area contributed by atoms with Crippen LogP contribution in [0.3, 0.4) is 0 Å². The number of rotatable bonds is 2. The molecule has 0 spiro atoms. The van der Waals surface area contributed by atoms with Gasteiger partial charge in [0, 0.05) is 10.8 Å². The molecular weight excluding hydrogens is 362 g/mol. The largest absolute Gasteiger partial charge is 0.411 e. The maximum atomic E-state index is 10.2. The summed E-state index contributed by atoms with van der Waals surface area (Å²) in [6.07, 6.45) is 6.71. The van der Waals surface area contributed by atoms with E-state index < -0.39 is 16.4 Å². The molecular formula is C23H37NOSi2. The van der Waals surface area contributed by atoms with Gasteiger partial charge in [-0.1, -0.05) is 50.8 Å². The van der Waals surface area contributed by atoms with Crippen molar-refractivity contribution in [2.45, 2.75) is 83.9 Å². The molecule has 1 aliphatic heterocycles. The van der Waals surface area contributed by atoms with Gasteiger partial charge in [0.25, 0.3) is 0 Å². The molecule has 1 saturated heterocycles. The monoisotopic (exact) mass is 399 g/mol. The fourth-order valence-corrected chi connectivity index (χ4v) is 13.3. The maximum Gasteiger partial charge on any atom is 0.188 e. The van der Waals surface area contributed by atoms with Gasteiger partial charge in [0.2, 0.25) is 0 Å². The van der Waals surface area contributed by atoms with Crippen LogP contribution in [-0.2, 0) is 4.43 Å². The molecule has 2 nitrogen and oxygen atoms in total. The Labute approximate surface area is 168 Å². The van der Waals surface area contributed by atoms with Gasteiger partial charge in [-0.15, -0.1) is 6.58 Å². The molecule has 0 N–H and O–H groups in total. The Morgan fingerprint density at radius 3 is 2.48 bits per heavy atom. The minimum atomic E-state index is -1.78. The van der Waals surface area contributed by atoms with Crippen LogP contribution in [0, 0.1) is 39.4 Å². The molecule has 4 heteroatoms. The molecule has 0 bridgehead atoms. The molecule has 27 heavy (non-hydrogen) atoms. The third-order valence-electron chi connectivity index (χ3n) is 8.30. The van der Waals surface area contributed by atoms with E-state index in [0.717, 1.165) is 19.3 Å². The van der Waals surface area contributed by atoms with Gasteiger partial charge in [-0.3, -0.25) is 0 Å². The van der Waals surface area contributed by atoms with Gasteiger partial charge in [0.05, 0.1) is 25.7 Å². The minimum absolute atomic E-state index is 0.00279. The first-order valence-electron chi connectivity index (χ1n) is 10.8. The predicted octanol–water partition coefficient (Wildman–Crippen LogP) is 6.31. The second-order valence-electron chi connectivity index (χ2n) is 12.2. The van der Waals surface area contributed by atoms with E-state index in [4.69, 9.17) is 4.43 Å². The van der Waals surface area contributed by atoms with Crippen LogP contribution >= 0.6 is 0 Å². The van der Waals surface area contributed by atoms with Gasteiger partial charge in [0.15, 0.2) is 8.32 Å². The molecule has 148 valence electrons. The highest BCUT2D eigenvalue weighted by Crippen LogP contribution is 2.84. The van der Waals surface area contributed by atoms with E-state index in [9.17, 15) is 5.26 Å². The fraction of sp³-hybridized carbons (Fsp3) is 0.783. The summed E-state index contributed by atoms with van der Waals surface area (Å²) in [6, 6.07) is 3.92. The van der Waals surface area contributed by atoms with Gasteiger partial charge in [-0.25, -0.2) is 0 Å². The SMILES string of the molecule is C=C[C@]12[C@H](CC[C@@H]1C#N)C[C@@]13CC(C)(C)/C(=C\[Si](C)(C)C)[C@]12C[Si](C)(C)O3. The van der Waals surface area contributed by atoms with Crippen molar-refractivity contribution >= 4 is 16.4 Å². The molecule has 5 atom stereocenters. The van der Waals surface area contributed by atoms with Crippen molar-refractivity contribution in [3.8, 4) is 6.07 Å². The summed E-state index contributed by atoms with van der Waals surface area (Å²) in [4.78, 5) is 0. The van der Waals surface area contributed by atoms with Gasteiger partial charge < -0.3 is 4.43 Å². The lowest BCUT2D eigenvalue weighted by atomic mass is 9.55. The molecule has 4 fully saturated rings. The Morgan fingerprint density at radius 1 is 1.26 bits per heavy atom. The van der Waals surface area contributed by atoms with Gasteiger partial charge in [0.1, 0.15) is 0 Å². The quantitative estimate of drug-likeness (QED) is 0.403. The number of nitrogens with zero attached hydrogens (tertiary/aromatic N) is 1. The Balaban J connectivity index is 2.08. The molecule has 0 aromatic carbocycles. The number of allylic oxidation sites excluding steroid dienone is 1. The van der Waals surface area contributed by atoms with Crippen molar-refractivity contribution in [1.29, 1.82) is 5.26 Å². The second-order valence-corrected chi connectivity index (χ2v) is 21.3. The first-order valence-corrected chi connectivity index (χ1v) is 17.5. The average molecular weight is 400 g/mol. The molecule has 0 aromatic heterocycles. The highest BCUT2D eigenvalue weighted by atomic mass is 28.4. The predicted molar refractivity (Wildman–Crippen MR) is 117 cm³/mol. The summed E-state index contributed by atoms with van der Waals surface area (Å²) in [7, 11) is -3.21. The molecule has 4 rings (SSSR count). The average Bonchev–Trinajstić information content (AvgIpc) is 3.06. The molecule has 1 heterocycles. The summed E-state index contributed by atoms with van der Waals surface area (Å²) in [5.41, 5.74) is 4.34. The summed E-state index contributed by atoms with van der Waals surface area (Å²) in [5.74, 6) is 0.651. The van der Waals surface area contributed by atoms with Crippen molar-refractivity contribution in [2.24, 2.45) is 28.1 Å². The van der Waals surface area contributed by atoms with Gasteiger partial charge in [-0.2, -0.15) is 5.26 Å². The lowest BCUT2D eigenvalue weighted by Crippen LogP contribution is -2.49. The smallest absolute Gasteiger partial charge is 0.188 e. The number of hydrogen-bond acceptors (Lipinski definition) is 2. The summed E-state index contributed by atoms with van der Waals surface area (Å²) in [6.45, 7) is 21.4. The van der Waals surface area contributed by atoms with E-state index in [1.54, 1.807) is 5.57 Å². The fourth-order valence-electron chi connectivity index (χ4n) is 8.29. The first kappa shape index (κ1) is 19.7. The maximum absolute atomic E-state index is 10.2. The number of hydrogen-bond donors (Lipinski definition) is 0. The molecule has 0 aromatic rings. The molecule has 0 radical (unpaired) electrons. The van der Waals surface area contributed by atoms with Crippen LogP contribution in [0.15, 0.2) is 23.9 Å². The zero-order chi connectivity index (χ0) is 20.1. The summed E-state index contributed by atoms with van der Waals surface area (Å²) in [5, 5.41) is 10.2. The summed E-state index contributed by atoms with van der Waals surface area (Å²) < 4.78 is 7.17. The zero-order valence-electron chi connectivity index (χ0n) is 18.4. The van der Waals surface area contributed by atoms with Crippen LogP contribution in [0.5, 0.6) is 0 Å². The van der Waals surface area contributed by atoms with Crippen molar-refractivity contribution in [2.75, 3.05) is 0 Å². The highest BCUT2D eigenvalue weighted by Gasteiger charge is 2.83. The van der Waals surface area contributed by atoms with Crippen LogP contribution < -0.4 is 0 Å².